The lowest BCUT2D eigenvalue weighted by molar-refractivity contribution is 0.0697. The second-order valence-electron chi connectivity index (χ2n) is 3.61. The van der Waals surface area contributed by atoms with E-state index < -0.39 is 5.97 Å². The molecule has 8 nitrogen and oxygen atoms in total. The number of hydrogen-bond donors (Lipinski definition) is 2. The van der Waals surface area contributed by atoms with Crippen LogP contribution >= 0.6 is 0 Å². The summed E-state index contributed by atoms with van der Waals surface area (Å²) in [6, 6.07) is 4.46. The Kier molecular flexibility index (Phi) is 3.94. The second kappa shape index (κ2) is 5.83. The zero-order chi connectivity index (χ0) is 14.5. The number of pyridine rings is 1. The van der Waals surface area contributed by atoms with Gasteiger partial charge in [-0.05, 0) is 12.1 Å². The largest absolute Gasteiger partial charge is 0.481 e. The maximum absolute atomic E-state index is 11.1. The fourth-order valence-corrected chi connectivity index (χ4v) is 1.45. The molecule has 8 heteroatoms. The van der Waals surface area contributed by atoms with Crippen LogP contribution in [0.4, 0.5) is 11.8 Å². The number of nitrogens with one attached hydrogen (secondary N) is 1. The number of methoxy groups -OCH3 is 2. The highest BCUT2D eigenvalue weighted by Crippen LogP contribution is 2.21. The second-order valence-corrected chi connectivity index (χ2v) is 3.61. The Morgan fingerprint density at radius 1 is 1.25 bits per heavy atom. The van der Waals surface area contributed by atoms with Crippen LogP contribution in [0, 0.1) is 0 Å². The van der Waals surface area contributed by atoms with Crippen molar-refractivity contribution < 1.29 is 19.4 Å². The van der Waals surface area contributed by atoms with Gasteiger partial charge < -0.3 is 19.9 Å². The van der Waals surface area contributed by atoms with Crippen molar-refractivity contribution in [3.63, 3.8) is 0 Å². The monoisotopic (exact) mass is 276 g/mol. The van der Waals surface area contributed by atoms with Crippen LogP contribution in [0.2, 0.25) is 0 Å². The van der Waals surface area contributed by atoms with Gasteiger partial charge >= 0.3 is 5.97 Å². The summed E-state index contributed by atoms with van der Waals surface area (Å²) < 4.78 is 10.0. The average molecular weight is 276 g/mol. The van der Waals surface area contributed by atoms with Gasteiger partial charge in [-0.15, -0.1) is 0 Å². The van der Waals surface area contributed by atoms with Crippen molar-refractivity contribution in [2.45, 2.75) is 0 Å². The molecule has 0 atom stereocenters. The smallest absolute Gasteiger partial charge is 0.339 e. The van der Waals surface area contributed by atoms with Gasteiger partial charge in [0.15, 0.2) is 0 Å². The Morgan fingerprint density at radius 2 is 1.90 bits per heavy atom. The van der Waals surface area contributed by atoms with Crippen molar-refractivity contribution in [3.8, 4) is 11.8 Å². The summed E-state index contributed by atoms with van der Waals surface area (Å²) in [6.07, 6.45) is 1.46. The fraction of sp³-hybridized carbons (Fsp3) is 0.167. The molecular weight excluding hydrogens is 264 g/mol. The van der Waals surface area contributed by atoms with Crippen LogP contribution in [-0.2, 0) is 0 Å². The first-order valence-electron chi connectivity index (χ1n) is 5.56. The average Bonchev–Trinajstić information content (AvgIpc) is 2.47. The molecule has 2 N–H and O–H groups in total. The Bertz CT molecular complexity index is 610. The van der Waals surface area contributed by atoms with Gasteiger partial charge in [0.1, 0.15) is 11.4 Å². The highest BCUT2D eigenvalue weighted by molar-refractivity contribution is 5.93. The highest BCUT2D eigenvalue weighted by Gasteiger charge is 2.13. The van der Waals surface area contributed by atoms with E-state index >= 15 is 0 Å². The van der Waals surface area contributed by atoms with Crippen LogP contribution < -0.4 is 14.8 Å². The minimum absolute atomic E-state index is 0.0119. The summed E-state index contributed by atoms with van der Waals surface area (Å²) in [7, 11) is 2.91. The number of carboxylic acid groups (broad SMARTS) is 1. The molecule has 0 saturated heterocycles. The van der Waals surface area contributed by atoms with Crippen molar-refractivity contribution in [1.82, 2.24) is 15.0 Å². The minimum Gasteiger partial charge on any atom is -0.481 e. The van der Waals surface area contributed by atoms with Crippen molar-refractivity contribution in [3.05, 3.63) is 30.0 Å². The van der Waals surface area contributed by atoms with Gasteiger partial charge in [0.25, 0.3) is 0 Å². The van der Waals surface area contributed by atoms with Crippen molar-refractivity contribution in [2.24, 2.45) is 0 Å². The van der Waals surface area contributed by atoms with E-state index in [2.05, 4.69) is 20.3 Å². The summed E-state index contributed by atoms with van der Waals surface area (Å²) in [6.45, 7) is 0. The third-order valence-corrected chi connectivity index (χ3v) is 2.37. The molecule has 0 unspecified atom stereocenters. The van der Waals surface area contributed by atoms with Crippen molar-refractivity contribution >= 4 is 17.7 Å². The number of carboxylic acids is 1. The number of carbonyl (C=O) groups is 1. The van der Waals surface area contributed by atoms with Crippen LogP contribution in [0.25, 0.3) is 0 Å². The Labute approximate surface area is 114 Å². The van der Waals surface area contributed by atoms with Crippen LogP contribution in [0.5, 0.6) is 11.8 Å². The maximum Gasteiger partial charge on any atom is 0.339 e. The van der Waals surface area contributed by atoms with E-state index in [4.69, 9.17) is 14.6 Å². The Morgan fingerprint density at radius 3 is 2.45 bits per heavy atom. The molecule has 0 aromatic carbocycles. The number of aromatic nitrogens is 3. The summed E-state index contributed by atoms with van der Waals surface area (Å²) in [5.74, 6) is -0.271. The summed E-state index contributed by atoms with van der Waals surface area (Å²) in [4.78, 5) is 23.1. The van der Waals surface area contributed by atoms with Gasteiger partial charge in [-0.1, -0.05) is 0 Å². The van der Waals surface area contributed by atoms with Gasteiger partial charge in [-0.3, -0.25) is 0 Å². The van der Waals surface area contributed by atoms with E-state index in [1.807, 2.05) is 0 Å². The first kappa shape index (κ1) is 13.5. The SMILES string of the molecule is COc1cc(OC)nc(Nc2ncccc2C(=O)O)n1. The number of aromatic carboxylic acids is 1. The van der Waals surface area contributed by atoms with Crippen LogP contribution in [0.3, 0.4) is 0 Å². The zero-order valence-electron chi connectivity index (χ0n) is 10.8. The molecule has 0 aliphatic heterocycles. The standard InChI is InChI=1S/C12H12N4O4/c1-19-8-6-9(20-2)15-12(14-8)16-10-7(11(17)18)4-3-5-13-10/h3-6H,1-2H3,(H,17,18)(H,13,14,15,16). The molecule has 2 aromatic heterocycles. The van der Waals surface area contributed by atoms with E-state index in [1.54, 1.807) is 0 Å². The lowest BCUT2D eigenvalue weighted by atomic mass is 10.2. The first-order valence-corrected chi connectivity index (χ1v) is 5.56. The summed E-state index contributed by atoms with van der Waals surface area (Å²) in [5, 5.41) is 11.8. The Hall–Kier alpha value is -2.90. The van der Waals surface area contributed by atoms with Gasteiger partial charge in [0.2, 0.25) is 17.7 Å². The van der Waals surface area contributed by atoms with Crippen molar-refractivity contribution in [1.29, 1.82) is 0 Å². The number of ether oxygens (including phenoxy) is 2. The molecule has 2 aromatic rings. The molecule has 0 amide bonds. The molecule has 0 radical (unpaired) electrons. The van der Waals surface area contributed by atoms with E-state index in [0.29, 0.717) is 0 Å². The van der Waals surface area contributed by atoms with Crippen LogP contribution in [0.15, 0.2) is 24.4 Å². The number of anilines is 2. The summed E-state index contributed by atoms with van der Waals surface area (Å²) >= 11 is 0. The molecule has 0 saturated carbocycles. The molecular formula is C12H12N4O4. The molecule has 2 rings (SSSR count). The number of nitrogens with zero attached hydrogens (tertiary/aromatic N) is 3. The first-order chi connectivity index (χ1) is 9.63. The number of rotatable bonds is 5. The highest BCUT2D eigenvalue weighted by atomic mass is 16.5. The van der Waals surface area contributed by atoms with E-state index in [-0.39, 0.29) is 29.1 Å². The molecule has 0 aliphatic rings. The van der Waals surface area contributed by atoms with Gasteiger partial charge in [0, 0.05) is 6.20 Å². The minimum atomic E-state index is -1.10. The topological polar surface area (TPSA) is 106 Å². The molecule has 20 heavy (non-hydrogen) atoms. The lowest BCUT2D eigenvalue weighted by Gasteiger charge is -2.09. The summed E-state index contributed by atoms with van der Waals surface area (Å²) in [5.41, 5.74) is 0.0119. The quantitative estimate of drug-likeness (QED) is 0.842. The van der Waals surface area contributed by atoms with E-state index in [1.165, 1.54) is 38.6 Å². The Balaban J connectivity index is 2.37. The number of hydrogen-bond acceptors (Lipinski definition) is 7. The van der Waals surface area contributed by atoms with Gasteiger partial charge in [-0.25, -0.2) is 9.78 Å². The molecule has 0 spiro atoms. The normalized spacial score (nSPS) is 9.90. The van der Waals surface area contributed by atoms with Gasteiger partial charge in [0.05, 0.1) is 20.3 Å². The van der Waals surface area contributed by atoms with E-state index in [9.17, 15) is 4.79 Å². The molecule has 0 fully saturated rings. The molecule has 0 aliphatic carbocycles. The van der Waals surface area contributed by atoms with Gasteiger partial charge in [-0.2, -0.15) is 9.97 Å². The molecule has 2 heterocycles. The molecule has 104 valence electrons. The maximum atomic E-state index is 11.1. The van der Waals surface area contributed by atoms with Crippen molar-refractivity contribution in [2.75, 3.05) is 19.5 Å². The lowest BCUT2D eigenvalue weighted by Crippen LogP contribution is -2.07. The predicted molar refractivity (Wildman–Crippen MR) is 69.6 cm³/mol. The third kappa shape index (κ3) is 2.91. The fourth-order valence-electron chi connectivity index (χ4n) is 1.45. The van der Waals surface area contributed by atoms with Crippen LogP contribution in [0.1, 0.15) is 10.4 Å². The van der Waals surface area contributed by atoms with Crippen LogP contribution in [-0.4, -0.2) is 40.2 Å². The van der Waals surface area contributed by atoms with E-state index in [0.717, 1.165) is 0 Å². The third-order valence-electron chi connectivity index (χ3n) is 2.37. The predicted octanol–water partition coefficient (Wildman–Crippen LogP) is 1.33. The molecule has 0 bridgehead atoms. The zero-order valence-corrected chi connectivity index (χ0v) is 10.8.